The van der Waals surface area contributed by atoms with Crippen LogP contribution in [0.2, 0.25) is 0 Å². The molecule has 0 aliphatic rings. The minimum absolute atomic E-state index is 0. The zero-order valence-electron chi connectivity index (χ0n) is 20.1. The van der Waals surface area contributed by atoms with Crippen LogP contribution in [0.4, 0.5) is 5.13 Å². The summed E-state index contributed by atoms with van der Waals surface area (Å²) in [5.74, 6) is 2.48. The van der Waals surface area contributed by atoms with E-state index in [1.165, 1.54) is 11.3 Å². The van der Waals surface area contributed by atoms with E-state index in [1.54, 1.807) is 31.3 Å². The molecule has 0 N–H and O–H groups in total. The summed E-state index contributed by atoms with van der Waals surface area (Å²) in [5, 5.41) is 0.582. The molecule has 1 heterocycles. The Labute approximate surface area is 215 Å². The number of aromatic nitrogens is 1. The van der Waals surface area contributed by atoms with Gasteiger partial charge in [-0.25, -0.2) is 4.98 Å². The average molecular weight is 514 g/mol. The van der Waals surface area contributed by atoms with Crippen molar-refractivity contribution >= 4 is 45.0 Å². The van der Waals surface area contributed by atoms with Crippen molar-refractivity contribution in [2.45, 2.75) is 0 Å². The molecule has 0 unspecified atom stereocenters. The van der Waals surface area contributed by atoms with Gasteiger partial charge in [-0.05, 0) is 56.6 Å². The molecule has 4 aromatic rings. The lowest BCUT2D eigenvalue weighted by Crippen LogP contribution is -2.36. The van der Waals surface area contributed by atoms with Crippen molar-refractivity contribution < 1.29 is 19.0 Å². The third kappa shape index (κ3) is 6.03. The van der Waals surface area contributed by atoms with Gasteiger partial charge < -0.3 is 19.1 Å². The summed E-state index contributed by atoms with van der Waals surface area (Å²) in [6.45, 7) is 1.15. The lowest BCUT2D eigenvalue weighted by atomic mass is 10.2. The summed E-state index contributed by atoms with van der Waals surface area (Å²) in [4.78, 5) is 22.2. The summed E-state index contributed by atoms with van der Waals surface area (Å²) in [6, 6.07) is 20.4. The molecule has 0 bridgehead atoms. The first-order valence-corrected chi connectivity index (χ1v) is 11.6. The van der Waals surface area contributed by atoms with Gasteiger partial charge in [-0.3, -0.25) is 9.69 Å². The standard InChI is InChI=1S/C26H27N3O4S.ClH/c1-28(2)15-16-29(26-27-23-21(31-3)13-14-22(32-4)24(23)34-26)25(30)18-9-8-12-20(17-18)33-19-10-6-5-7-11-19;/h5-14,17H,15-16H2,1-4H3;1H. The van der Waals surface area contributed by atoms with E-state index < -0.39 is 0 Å². The SMILES string of the molecule is COc1ccc(OC)c2sc(N(CCN(C)C)C(=O)c3cccc(Oc4ccccc4)c3)nc12.Cl. The molecule has 0 saturated carbocycles. The third-order valence-corrected chi connectivity index (χ3v) is 6.30. The summed E-state index contributed by atoms with van der Waals surface area (Å²) in [7, 11) is 7.17. The molecule has 0 aliphatic carbocycles. The number of rotatable bonds is 9. The van der Waals surface area contributed by atoms with Crippen LogP contribution in [0.3, 0.4) is 0 Å². The zero-order valence-corrected chi connectivity index (χ0v) is 21.7. The number of methoxy groups -OCH3 is 2. The van der Waals surface area contributed by atoms with E-state index in [-0.39, 0.29) is 18.3 Å². The molecule has 0 radical (unpaired) electrons. The number of benzene rings is 3. The van der Waals surface area contributed by atoms with E-state index in [4.69, 9.17) is 19.2 Å². The van der Waals surface area contributed by atoms with Gasteiger partial charge in [0, 0.05) is 18.7 Å². The number of likely N-dealkylation sites (N-methyl/N-ethyl adjacent to an activating group) is 1. The molecule has 1 aromatic heterocycles. The maximum atomic E-state index is 13.7. The number of carbonyl (C=O) groups is 1. The minimum Gasteiger partial charge on any atom is -0.495 e. The Bertz CT molecular complexity index is 1240. The molecule has 0 atom stereocenters. The fourth-order valence-corrected chi connectivity index (χ4v) is 4.55. The molecule has 4 rings (SSSR count). The fraction of sp³-hybridized carbons (Fsp3) is 0.231. The number of fused-ring (bicyclic) bond motifs is 1. The molecule has 3 aromatic carbocycles. The zero-order chi connectivity index (χ0) is 24.1. The molecule has 0 spiro atoms. The van der Waals surface area contributed by atoms with Gasteiger partial charge in [0.25, 0.3) is 5.91 Å². The number of hydrogen-bond acceptors (Lipinski definition) is 7. The van der Waals surface area contributed by atoms with Gasteiger partial charge in [-0.1, -0.05) is 35.6 Å². The summed E-state index contributed by atoms with van der Waals surface area (Å²) in [5.41, 5.74) is 1.19. The van der Waals surface area contributed by atoms with E-state index in [9.17, 15) is 4.79 Å². The Morgan fingerprint density at radius 3 is 2.26 bits per heavy atom. The van der Waals surface area contributed by atoms with Crippen molar-refractivity contribution in [3.05, 3.63) is 72.3 Å². The van der Waals surface area contributed by atoms with Crippen LogP contribution in [0, 0.1) is 0 Å². The quantitative estimate of drug-likeness (QED) is 0.284. The molecule has 0 aliphatic heterocycles. The van der Waals surface area contributed by atoms with Crippen molar-refractivity contribution in [2.24, 2.45) is 0 Å². The van der Waals surface area contributed by atoms with E-state index in [1.807, 2.05) is 73.6 Å². The average Bonchev–Trinajstić information content (AvgIpc) is 3.29. The molecule has 0 fully saturated rings. The number of para-hydroxylation sites is 1. The smallest absolute Gasteiger partial charge is 0.260 e. The van der Waals surface area contributed by atoms with Gasteiger partial charge in [0.1, 0.15) is 33.2 Å². The number of nitrogens with zero attached hydrogens (tertiary/aromatic N) is 3. The topological polar surface area (TPSA) is 64.1 Å². The van der Waals surface area contributed by atoms with Crippen LogP contribution in [0.25, 0.3) is 10.2 Å². The Hall–Kier alpha value is -3.33. The van der Waals surface area contributed by atoms with Gasteiger partial charge in [-0.15, -0.1) is 12.4 Å². The normalized spacial score (nSPS) is 10.7. The van der Waals surface area contributed by atoms with Gasteiger partial charge in [0.2, 0.25) is 0 Å². The van der Waals surface area contributed by atoms with Crippen LogP contribution in [-0.2, 0) is 0 Å². The highest BCUT2D eigenvalue weighted by Crippen LogP contribution is 2.40. The van der Waals surface area contributed by atoms with E-state index in [0.717, 1.165) is 4.70 Å². The number of ether oxygens (including phenoxy) is 3. The van der Waals surface area contributed by atoms with Gasteiger partial charge in [0.05, 0.1) is 14.2 Å². The highest BCUT2D eigenvalue weighted by Gasteiger charge is 2.24. The van der Waals surface area contributed by atoms with Gasteiger partial charge in [-0.2, -0.15) is 0 Å². The van der Waals surface area contributed by atoms with Crippen molar-refractivity contribution in [3.63, 3.8) is 0 Å². The van der Waals surface area contributed by atoms with Crippen LogP contribution in [-0.4, -0.2) is 57.2 Å². The summed E-state index contributed by atoms with van der Waals surface area (Å²) < 4.78 is 17.8. The maximum absolute atomic E-state index is 13.7. The van der Waals surface area contributed by atoms with Crippen LogP contribution >= 0.6 is 23.7 Å². The highest BCUT2D eigenvalue weighted by molar-refractivity contribution is 7.22. The first kappa shape index (κ1) is 26.3. The monoisotopic (exact) mass is 513 g/mol. The Balaban J connectivity index is 0.00000342. The Kier molecular flexibility index (Phi) is 8.92. The van der Waals surface area contributed by atoms with Crippen molar-refractivity contribution in [3.8, 4) is 23.0 Å². The number of carbonyl (C=O) groups excluding carboxylic acids is 1. The molecular formula is C26H28ClN3O4S. The number of halogens is 1. The molecule has 184 valence electrons. The molecule has 9 heteroatoms. The van der Waals surface area contributed by atoms with Crippen LogP contribution in [0.1, 0.15) is 10.4 Å². The second kappa shape index (κ2) is 11.9. The predicted octanol–water partition coefficient (Wildman–Crippen LogP) is 5.74. The third-order valence-electron chi connectivity index (χ3n) is 5.21. The number of amides is 1. The molecule has 35 heavy (non-hydrogen) atoms. The van der Waals surface area contributed by atoms with E-state index in [0.29, 0.717) is 52.3 Å². The molecular weight excluding hydrogens is 486 g/mol. The molecule has 7 nitrogen and oxygen atoms in total. The lowest BCUT2D eigenvalue weighted by Gasteiger charge is -2.22. The predicted molar refractivity (Wildman–Crippen MR) is 143 cm³/mol. The van der Waals surface area contributed by atoms with Crippen LogP contribution in [0.5, 0.6) is 23.0 Å². The van der Waals surface area contributed by atoms with E-state index >= 15 is 0 Å². The van der Waals surface area contributed by atoms with Gasteiger partial charge >= 0.3 is 0 Å². The van der Waals surface area contributed by atoms with E-state index in [2.05, 4.69) is 0 Å². The summed E-state index contributed by atoms with van der Waals surface area (Å²) in [6.07, 6.45) is 0. The Morgan fingerprint density at radius 2 is 1.57 bits per heavy atom. The fourth-order valence-electron chi connectivity index (χ4n) is 3.45. The Morgan fingerprint density at radius 1 is 0.886 bits per heavy atom. The van der Waals surface area contributed by atoms with Crippen molar-refractivity contribution in [1.29, 1.82) is 0 Å². The van der Waals surface area contributed by atoms with Crippen molar-refractivity contribution in [1.82, 2.24) is 9.88 Å². The number of hydrogen-bond donors (Lipinski definition) is 0. The van der Waals surface area contributed by atoms with Gasteiger partial charge in [0.15, 0.2) is 5.13 Å². The number of thiazole rings is 1. The molecule has 1 amide bonds. The number of anilines is 1. The maximum Gasteiger partial charge on any atom is 0.260 e. The van der Waals surface area contributed by atoms with Crippen LogP contribution < -0.4 is 19.1 Å². The first-order valence-electron chi connectivity index (χ1n) is 10.8. The molecule has 0 saturated heterocycles. The largest absolute Gasteiger partial charge is 0.495 e. The first-order chi connectivity index (χ1) is 16.5. The van der Waals surface area contributed by atoms with Crippen LogP contribution in [0.15, 0.2) is 66.7 Å². The summed E-state index contributed by atoms with van der Waals surface area (Å²) >= 11 is 1.41. The van der Waals surface area contributed by atoms with Crippen molar-refractivity contribution in [2.75, 3.05) is 46.3 Å². The second-order valence-corrected chi connectivity index (χ2v) is 8.82. The highest BCUT2D eigenvalue weighted by atomic mass is 35.5. The second-order valence-electron chi connectivity index (χ2n) is 7.85. The minimum atomic E-state index is -0.155. The lowest BCUT2D eigenvalue weighted by molar-refractivity contribution is 0.0985.